The summed E-state index contributed by atoms with van der Waals surface area (Å²) in [6, 6.07) is 0. The fourth-order valence-corrected chi connectivity index (χ4v) is 2.14. The van der Waals surface area contributed by atoms with Gasteiger partial charge < -0.3 is 5.32 Å². The van der Waals surface area contributed by atoms with E-state index in [-0.39, 0.29) is 0 Å². The van der Waals surface area contributed by atoms with Gasteiger partial charge in [-0.2, -0.15) is 0 Å². The van der Waals surface area contributed by atoms with Crippen LogP contribution in [0.4, 0.5) is 0 Å². The van der Waals surface area contributed by atoms with Gasteiger partial charge in [-0.05, 0) is 31.8 Å². The predicted octanol–water partition coefficient (Wildman–Crippen LogP) is 0.560. The number of piperidine rings is 1. The first-order chi connectivity index (χ1) is 6.52. The molecule has 1 fully saturated rings. The molecule has 1 atom stereocenters. The van der Waals surface area contributed by atoms with Crippen LogP contribution < -0.4 is 5.32 Å². The van der Waals surface area contributed by atoms with Gasteiger partial charge in [0.15, 0.2) is 0 Å². The van der Waals surface area contributed by atoms with E-state index in [1.807, 2.05) is 14.1 Å². The largest absolute Gasteiger partial charge is 0.317 e. The Kier molecular flexibility index (Phi) is 4.34. The van der Waals surface area contributed by atoms with Crippen molar-refractivity contribution in [1.82, 2.24) is 9.62 Å². The molecular weight excluding hydrogens is 198 g/mol. The van der Waals surface area contributed by atoms with Crippen molar-refractivity contribution in [3.05, 3.63) is 0 Å². The molecular formula is C9H21N3OS. The van der Waals surface area contributed by atoms with E-state index in [4.69, 9.17) is 0 Å². The number of nitrogens with zero attached hydrogens (tertiary/aromatic N) is 2. The number of rotatable bonds is 3. The molecule has 0 spiro atoms. The molecule has 14 heavy (non-hydrogen) atoms. The second-order valence-electron chi connectivity index (χ2n) is 4.08. The Morgan fingerprint density at radius 2 is 2.00 bits per heavy atom. The highest BCUT2D eigenvalue weighted by molar-refractivity contribution is 7.90. The minimum absolute atomic E-state index is 0.622. The Bertz CT molecular complexity index is 276. The van der Waals surface area contributed by atoms with E-state index in [9.17, 15) is 4.21 Å². The maximum atomic E-state index is 11.9. The van der Waals surface area contributed by atoms with Gasteiger partial charge in [-0.3, -0.25) is 0 Å². The molecule has 5 heteroatoms. The van der Waals surface area contributed by atoms with E-state index < -0.39 is 9.92 Å². The van der Waals surface area contributed by atoms with Crippen LogP contribution in [-0.2, 0) is 9.92 Å². The smallest absolute Gasteiger partial charge is 0.106 e. The van der Waals surface area contributed by atoms with Crippen LogP contribution in [0.25, 0.3) is 0 Å². The molecule has 1 heterocycles. The minimum Gasteiger partial charge on any atom is -0.317 e. The van der Waals surface area contributed by atoms with E-state index in [1.165, 1.54) is 0 Å². The summed E-state index contributed by atoms with van der Waals surface area (Å²) in [6.07, 6.45) is 4.02. The zero-order chi connectivity index (χ0) is 10.6. The van der Waals surface area contributed by atoms with Gasteiger partial charge in [0.25, 0.3) is 0 Å². The standard InChI is InChI=1S/C9H21N3OS/c1-12(2)14(3,13)11-8-9-4-6-10-7-5-9/h9-10H,4-8H2,1-3H3. The molecule has 0 aromatic heterocycles. The summed E-state index contributed by atoms with van der Waals surface area (Å²) in [6.45, 7) is 2.90. The lowest BCUT2D eigenvalue weighted by Gasteiger charge is -2.21. The molecule has 84 valence electrons. The fraction of sp³-hybridized carbons (Fsp3) is 1.00. The third-order valence-corrected chi connectivity index (χ3v) is 4.69. The molecule has 1 saturated heterocycles. The van der Waals surface area contributed by atoms with E-state index in [0.29, 0.717) is 5.92 Å². The Balaban J connectivity index is 2.48. The van der Waals surface area contributed by atoms with Crippen LogP contribution in [-0.4, -0.2) is 48.5 Å². The van der Waals surface area contributed by atoms with Crippen LogP contribution in [0.15, 0.2) is 4.36 Å². The van der Waals surface area contributed by atoms with Crippen molar-refractivity contribution in [2.45, 2.75) is 12.8 Å². The van der Waals surface area contributed by atoms with Crippen molar-refractivity contribution in [1.29, 1.82) is 0 Å². The van der Waals surface area contributed by atoms with Crippen LogP contribution in [0, 0.1) is 5.92 Å². The SMILES string of the molecule is CN(C)S(C)(=O)=NCC1CCNCC1. The molecule has 0 aliphatic carbocycles. The number of nitrogens with one attached hydrogen (secondary N) is 1. The average Bonchev–Trinajstić information content (AvgIpc) is 2.16. The van der Waals surface area contributed by atoms with Crippen LogP contribution in [0.5, 0.6) is 0 Å². The van der Waals surface area contributed by atoms with Gasteiger partial charge in [-0.15, -0.1) is 0 Å². The molecule has 0 radical (unpaired) electrons. The molecule has 4 nitrogen and oxygen atoms in total. The lowest BCUT2D eigenvalue weighted by atomic mass is 9.99. The summed E-state index contributed by atoms with van der Waals surface area (Å²) >= 11 is 0. The molecule has 0 saturated carbocycles. The second kappa shape index (κ2) is 5.09. The highest BCUT2D eigenvalue weighted by Crippen LogP contribution is 2.12. The fourth-order valence-electron chi connectivity index (χ4n) is 1.42. The molecule has 1 rings (SSSR count). The monoisotopic (exact) mass is 219 g/mol. The quantitative estimate of drug-likeness (QED) is 0.754. The first-order valence-corrected chi connectivity index (χ1v) is 6.96. The Labute approximate surface area is 87.4 Å². The number of hydrogen-bond acceptors (Lipinski definition) is 3. The van der Waals surface area contributed by atoms with Gasteiger partial charge in [-0.25, -0.2) is 12.9 Å². The molecule has 0 amide bonds. The normalized spacial score (nSPS) is 23.4. The van der Waals surface area contributed by atoms with Crippen LogP contribution in [0.3, 0.4) is 0 Å². The van der Waals surface area contributed by atoms with Crippen LogP contribution in [0.1, 0.15) is 12.8 Å². The summed E-state index contributed by atoms with van der Waals surface area (Å²) in [5, 5.41) is 3.31. The predicted molar refractivity (Wildman–Crippen MR) is 60.6 cm³/mol. The van der Waals surface area contributed by atoms with E-state index >= 15 is 0 Å². The molecule has 0 aromatic rings. The lowest BCUT2D eigenvalue weighted by molar-refractivity contribution is 0.383. The van der Waals surface area contributed by atoms with Gasteiger partial charge in [0, 0.05) is 20.4 Å². The van der Waals surface area contributed by atoms with Crippen LogP contribution in [0.2, 0.25) is 0 Å². The van der Waals surface area contributed by atoms with Crippen molar-refractivity contribution < 1.29 is 4.21 Å². The lowest BCUT2D eigenvalue weighted by Crippen LogP contribution is -2.29. The van der Waals surface area contributed by atoms with E-state index in [0.717, 1.165) is 32.5 Å². The zero-order valence-corrected chi connectivity index (χ0v) is 10.1. The summed E-state index contributed by atoms with van der Waals surface area (Å²) in [5.74, 6) is 0.622. The van der Waals surface area contributed by atoms with Crippen molar-refractivity contribution in [3.63, 3.8) is 0 Å². The minimum atomic E-state index is -2.11. The van der Waals surface area contributed by atoms with Crippen molar-refractivity contribution in [2.75, 3.05) is 40.0 Å². The summed E-state index contributed by atoms with van der Waals surface area (Å²) in [5.41, 5.74) is 0. The van der Waals surface area contributed by atoms with E-state index in [1.54, 1.807) is 10.6 Å². The number of hydrogen-bond donors (Lipinski definition) is 1. The molecule has 1 aliphatic rings. The van der Waals surface area contributed by atoms with Crippen LogP contribution >= 0.6 is 0 Å². The molecule has 0 aromatic carbocycles. The van der Waals surface area contributed by atoms with Gasteiger partial charge in [0.05, 0.1) is 6.54 Å². The zero-order valence-electron chi connectivity index (χ0n) is 9.32. The van der Waals surface area contributed by atoms with E-state index in [2.05, 4.69) is 9.68 Å². The van der Waals surface area contributed by atoms with Crippen molar-refractivity contribution in [3.8, 4) is 0 Å². The van der Waals surface area contributed by atoms with Crippen molar-refractivity contribution in [2.24, 2.45) is 10.3 Å². The van der Waals surface area contributed by atoms with Gasteiger partial charge in [0.1, 0.15) is 9.92 Å². The highest BCUT2D eigenvalue weighted by atomic mass is 32.2. The van der Waals surface area contributed by atoms with Gasteiger partial charge in [-0.1, -0.05) is 0 Å². The summed E-state index contributed by atoms with van der Waals surface area (Å²) < 4.78 is 17.9. The molecule has 1 N–H and O–H groups in total. The topological polar surface area (TPSA) is 44.7 Å². The highest BCUT2D eigenvalue weighted by Gasteiger charge is 2.13. The summed E-state index contributed by atoms with van der Waals surface area (Å²) in [4.78, 5) is 0. The molecule has 0 bridgehead atoms. The Morgan fingerprint density at radius 1 is 1.43 bits per heavy atom. The van der Waals surface area contributed by atoms with Gasteiger partial charge >= 0.3 is 0 Å². The maximum absolute atomic E-state index is 11.9. The third-order valence-electron chi connectivity index (χ3n) is 2.71. The summed E-state index contributed by atoms with van der Waals surface area (Å²) in [7, 11) is 1.52. The maximum Gasteiger partial charge on any atom is 0.106 e. The van der Waals surface area contributed by atoms with Crippen molar-refractivity contribution >= 4 is 9.92 Å². The first-order valence-electron chi connectivity index (χ1n) is 5.08. The average molecular weight is 219 g/mol. The third kappa shape index (κ3) is 3.55. The molecule has 1 aliphatic heterocycles. The first kappa shape index (κ1) is 11.9. The van der Waals surface area contributed by atoms with Gasteiger partial charge in [0.2, 0.25) is 0 Å². The Morgan fingerprint density at radius 3 is 2.50 bits per heavy atom. The molecule has 1 unspecified atom stereocenters. The second-order valence-corrected chi connectivity index (χ2v) is 6.59. The Hall–Kier alpha value is -0.130.